The van der Waals surface area contributed by atoms with Gasteiger partial charge in [-0.1, -0.05) is 6.07 Å². The van der Waals surface area contributed by atoms with Crippen molar-refractivity contribution in [2.75, 3.05) is 21.2 Å². The lowest BCUT2D eigenvalue weighted by Gasteiger charge is -2.50. The number of phenols is 1. The SMILES string of the molecule is COCc1cncc(-c2ccc(O)c3c2CC2CC4C(N(C)C)C(=O)C(C(N)=O)=C(O)C4(O)C(=O)C2=C3O)c1. The number of hydrogen-bond donors (Lipinski definition) is 5. The van der Waals surface area contributed by atoms with Crippen LogP contribution in [0.3, 0.4) is 0 Å². The second-order valence-corrected chi connectivity index (χ2v) is 10.5. The van der Waals surface area contributed by atoms with Crippen molar-refractivity contribution in [2.45, 2.75) is 31.1 Å². The van der Waals surface area contributed by atoms with Crippen molar-refractivity contribution in [3.05, 3.63) is 64.2 Å². The number of hydrogen-bond acceptors (Lipinski definition) is 10. The predicted octanol–water partition coefficient (Wildman–Crippen LogP) is 1.17. The molecule has 204 valence electrons. The van der Waals surface area contributed by atoms with E-state index in [-0.39, 0.29) is 29.7 Å². The summed E-state index contributed by atoms with van der Waals surface area (Å²) in [5.74, 6) is -6.83. The number of fused-ring (bicyclic) bond motifs is 3. The molecule has 1 saturated carbocycles. The quantitative estimate of drug-likeness (QED) is 0.348. The molecule has 1 heterocycles. The molecule has 3 aliphatic rings. The normalized spacial score (nSPS) is 26.4. The highest BCUT2D eigenvalue weighted by Crippen LogP contribution is 2.53. The molecule has 0 bridgehead atoms. The Bertz CT molecular complexity index is 1490. The molecule has 1 amide bonds. The maximum atomic E-state index is 13.9. The van der Waals surface area contributed by atoms with Crippen molar-refractivity contribution in [1.29, 1.82) is 0 Å². The Morgan fingerprint density at radius 1 is 1.21 bits per heavy atom. The van der Waals surface area contributed by atoms with Crippen LogP contribution in [0.25, 0.3) is 16.9 Å². The number of phenolic OH excluding ortho intramolecular Hbond substituents is 1. The van der Waals surface area contributed by atoms with Gasteiger partial charge in [0.1, 0.15) is 22.8 Å². The zero-order valence-electron chi connectivity index (χ0n) is 21.6. The number of primary amides is 1. The topological polar surface area (TPSA) is 184 Å². The molecule has 4 atom stereocenters. The van der Waals surface area contributed by atoms with Crippen LogP contribution in [0.4, 0.5) is 0 Å². The number of likely N-dealkylation sites (N-methyl/N-ethyl adjacent to an activating group) is 1. The third-order valence-corrected chi connectivity index (χ3v) is 8.02. The van der Waals surface area contributed by atoms with Crippen LogP contribution < -0.4 is 5.73 Å². The van der Waals surface area contributed by atoms with Gasteiger partial charge >= 0.3 is 0 Å². The third kappa shape index (κ3) is 3.76. The summed E-state index contributed by atoms with van der Waals surface area (Å²) in [4.78, 5) is 45.0. The summed E-state index contributed by atoms with van der Waals surface area (Å²) in [5, 5.41) is 44.8. The summed E-state index contributed by atoms with van der Waals surface area (Å²) in [5.41, 5.74) is 4.44. The molecule has 0 saturated heterocycles. The number of aliphatic hydroxyl groups excluding tert-OH is 2. The molecule has 0 aliphatic heterocycles. The smallest absolute Gasteiger partial charge is 0.255 e. The van der Waals surface area contributed by atoms with Crippen LogP contribution in [0.15, 0.2) is 47.5 Å². The molecule has 1 aromatic carbocycles. The van der Waals surface area contributed by atoms with Crippen LogP contribution in [0.5, 0.6) is 5.75 Å². The summed E-state index contributed by atoms with van der Waals surface area (Å²) >= 11 is 0. The summed E-state index contributed by atoms with van der Waals surface area (Å²) < 4.78 is 5.21. The van der Waals surface area contributed by atoms with Gasteiger partial charge in [-0.3, -0.25) is 24.3 Å². The van der Waals surface area contributed by atoms with Crippen molar-refractivity contribution in [3.63, 3.8) is 0 Å². The minimum Gasteiger partial charge on any atom is -0.508 e. The average Bonchev–Trinajstić information content (AvgIpc) is 2.86. The fourth-order valence-electron chi connectivity index (χ4n) is 6.39. The van der Waals surface area contributed by atoms with Gasteiger partial charge < -0.3 is 30.9 Å². The number of nitrogens with two attached hydrogens (primary N) is 1. The Morgan fingerprint density at radius 3 is 2.56 bits per heavy atom. The molecular formula is C28H29N3O8. The summed E-state index contributed by atoms with van der Waals surface area (Å²) in [7, 11) is 4.68. The summed E-state index contributed by atoms with van der Waals surface area (Å²) in [6.45, 7) is 0.331. The maximum absolute atomic E-state index is 13.9. The Hall–Kier alpha value is -4.06. The van der Waals surface area contributed by atoms with Gasteiger partial charge in [0, 0.05) is 36.6 Å². The second-order valence-electron chi connectivity index (χ2n) is 10.5. The van der Waals surface area contributed by atoms with E-state index in [9.17, 15) is 34.8 Å². The van der Waals surface area contributed by atoms with Gasteiger partial charge in [-0.25, -0.2) is 0 Å². The van der Waals surface area contributed by atoms with Gasteiger partial charge in [0.2, 0.25) is 5.78 Å². The fourth-order valence-corrected chi connectivity index (χ4v) is 6.39. The molecule has 5 rings (SSSR count). The zero-order chi connectivity index (χ0) is 28.4. The molecule has 4 unspecified atom stereocenters. The number of carbonyl (C=O) groups excluding carboxylic acids is 3. The molecule has 0 spiro atoms. The molecule has 39 heavy (non-hydrogen) atoms. The highest BCUT2D eigenvalue weighted by atomic mass is 16.5. The lowest BCUT2D eigenvalue weighted by Crippen LogP contribution is -2.65. The monoisotopic (exact) mass is 535 g/mol. The van der Waals surface area contributed by atoms with Crippen molar-refractivity contribution in [2.24, 2.45) is 17.6 Å². The number of amides is 1. The van der Waals surface area contributed by atoms with E-state index in [2.05, 4.69) is 4.98 Å². The van der Waals surface area contributed by atoms with Crippen molar-refractivity contribution in [1.82, 2.24) is 9.88 Å². The predicted molar refractivity (Wildman–Crippen MR) is 138 cm³/mol. The first-order chi connectivity index (χ1) is 18.4. The van der Waals surface area contributed by atoms with Crippen LogP contribution in [0.2, 0.25) is 0 Å². The van der Waals surface area contributed by atoms with Crippen molar-refractivity contribution in [3.8, 4) is 16.9 Å². The number of aliphatic hydroxyl groups is 3. The van der Waals surface area contributed by atoms with Crippen LogP contribution in [0.1, 0.15) is 23.1 Å². The highest BCUT2D eigenvalue weighted by Gasteiger charge is 2.64. The lowest BCUT2D eigenvalue weighted by molar-refractivity contribution is -0.153. The van der Waals surface area contributed by atoms with E-state index in [0.29, 0.717) is 23.3 Å². The van der Waals surface area contributed by atoms with E-state index in [0.717, 1.165) is 5.56 Å². The number of benzene rings is 1. The maximum Gasteiger partial charge on any atom is 0.255 e. The summed E-state index contributed by atoms with van der Waals surface area (Å²) in [6, 6.07) is 3.83. The lowest BCUT2D eigenvalue weighted by atomic mass is 9.57. The first-order valence-electron chi connectivity index (χ1n) is 12.4. The van der Waals surface area contributed by atoms with Gasteiger partial charge in [-0.05, 0) is 61.7 Å². The van der Waals surface area contributed by atoms with E-state index in [1.165, 1.54) is 11.0 Å². The highest BCUT2D eigenvalue weighted by molar-refractivity contribution is 6.24. The summed E-state index contributed by atoms with van der Waals surface area (Å²) in [6.07, 6.45) is 3.51. The number of ketones is 2. The number of methoxy groups -OCH3 is 1. The van der Waals surface area contributed by atoms with E-state index < -0.39 is 58.0 Å². The molecule has 6 N–H and O–H groups in total. The van der Waals surface area contributed by atoms with Crippen molar-refractivity contribution < 1.29 is 39.5 Å². The van der Waals surface area contributed by atoms with E-state index in [1.54, 1.807) is 39.7 Å². The van der Waals surface area contributed by atoms with E-state index in [4.69, 9.17) is 10.5 Å². The Balaban J connectivity index is 1.72. The Labute approximate surface area is 223 Å². The number of nitrogens with zero attached hydrogens (tertiary/aromatic N) is 2. The number of pyridine rings is 1. The number of aromatic hydroxyl groups is 1. The standard InChI is InChI=1S/C28H29N3O8/c1-31(2)22-17-8-13-7-16-15(14-6-12(11-39-3)9-30-10-14)4-5-18(32)20(16)23(33)19(13)25(35)28(17,38)26(36)21(24(22)34)27(29)37/h4-6,9-10,13,17,22,32-33,36,38H,7-8,11H2,1-3H3,(H2,29,37). The van der Waals surface area contributed by atoms with Gasteiger partial charge in [-0.15, -0.1) is 0 Å². The number of rotatable bonds is 5. The van der Waals surface area contributed by atoms with Gasteiger partial charge in [0.25, 0.3) is 5.91 Å². The van der Waals surface area contributed by atoms with Crippen molar-refractivity contribution >= 4 is 23.2 Å². The number of ether oxygens (including phenoxy) is 1. The molecule has 11 nitrogen and oxygen atoms in total. The first kappa shape index (κ1) is 26.5. The van der Waals surface area contributed by atoms with Crippen LogP contribution in [0, 0.1) is 11.8 Å². The largest absolute Gasteiger partial charge is 0.508 e. The van der Waals surface area contributed by atoms with Gasteiger partial charge in [-0.2, -0.15) is 0 Å². The molecule has 1 aromatic heterocycles. The number of Topliss-reactive ketones (excluding diaryl/α,β-unsaturated/α-hetero) is 2. The molecule has 2 aromatic rings. The van der Waals surface area contributed by atoms with Crippen LogP contribution in [-0.4, -0.2) is 80.6 Å². The van der Waals surface area contributed by atoms with Crippen LogP contribution in [-0.2, 0) is 32.1 Å². The zero-order valence-corrected chi connectivity index (χ0v) is 21.6. The molecule has 3 aliphatic carbocycles. The third-order valence-electron chi connectivity index (χ3n) is 8.02. The fraction of sp³-hybridized carbons (Fsp3) is 0.357. The average molecular weight is 536 g/mol. The van der Waals surface area contributed by atoms with E-state index >= 15 is 0 Å². The molecule has 0 radical (unpaired) electrons. The van der Waals surface area contributed by atoms with Gasteiger partial charge in [0.05, 0.1) is 18.2 Å². The van der Waals surface area contributed by atoms with Crippen LogP contribution >= 0.6 is 0 Å². The Morgan fingerprint density at radius 2 is 1.92 bits per heavy atom. The number of carbonyl (C=O) groups is 3. The number of aromatic nitrogens is 1. The minimum absolute atomic E-state index is 0.0167. The molecule has 1 fully saturated rings. The second kappa shape index (κ2) is 9.30. The Kier molecular flexibility index (Phi) is 6.33. The first-order valence-corrected chi connectivity index (χ1v) is 12.4. The van der Waals surface area contributed by atoms with Gasteiger partial charge in [0.15, 0.2) is 11.4 Å². The minimum atomic E-state index is -2.67. The molecule has 11 heteroatoms. The molecular weight excluding hydrogens is 506 g/mol. The van der Waals surface area contributed by atoms with E-state index in [1.807, 2.05) is 6.07 Å².